The van der Waals surface area contributed by atoms with Crippen LogP contribution in [0.3, 0.4) is 0 Å². The fourth-order valence-corrected chi connectivity index (χ4v) is 2.35. The largest absolute Gasteiger partial charge is 0.453 e. The molecule has 1 aliphatic heterocycles. The molecule has 1 unspecified atom stereocenters. The van der Waals surface area contributed by atoms with Crippen molar-refractivity contribution in [2.24, 2.45) is 5.73 Å². The van der Waals surface area contributed by atoms with E-state index < -0.39 is 0 Å². The zero-order chi connectivity index (χ0) is 11.4. The Kier molecular flexibility index (Phi) is 4.40. The molecule has 1 atom stereocenters. The number of nitrogens with two attached hydrogens (primary N) is 1. The van der Waals surface area contributed by atoms with Crippen molar-refractivity contribution in [3.05, 3.63) is 22.6 Å². The maximum atomic E-state index is 5.84. The van der Waals surface area contributed by atoms with Gasteiger partial charge in [-0.3, -0.25) is 4.90 Å². The highest BCUT2D eigenvalue weighted by Crippen LogP contribution is 2.25. The molecular weight excluding hydrogens is 272 g/mol. The van der Waals surface area contributed by atoms with Crippen LogP contribution in [0.2, 0.25) is 0 Å². The van der Waals surface area contributed by atoms with Crippen LogP contribution in [0, 0.1) is 0 Å². The average molecular weight is 289 g/mol. The molecule has 0 radical (unpaired) electrons. The fourth-order valence-electron chi connectivity index (χ4n) is 2.03. The molecule has 1 saturated heterocycles. The zero-order valence-corrected chi connectivity index (χ0v) is 10.8. The lowest BCUT2D eigenvalue weighted by molar-refractivity contribution is 0.128. The van der Waals surface area contributed by atoms with Gasteiger partial charge in [0.15, 0.2) is 4.67 Å². The quantitative estimate of drug-likeness (QED) is 0.921. The first-order chi connectivity index (χ1) is 7.81. The Hall–Kier alpha value is -0.360. The molecule has 0 aliphatic carbocycles. The van der Waals surface area contributed by atoms with Gasteiger partial charge >= 0.3 is 0 Å². The van der Waals surface area contributed by atoms with E-state index in [1.165, 1.54) is 0 Å². The van der Waals surface area contributed by atoms with Gasteiger partial charge in [-0.05, 0) is 34.5 Å². The van der Waals surface area contributed by atoms with Crippen LogP contribution in [-0.2, 0) is 4.74 Å². The van der Waals surface area contributed by atoms with E-state index in [0.717, 1.165) is 43.2 Å². The van der Waals surface area contributed by atoms with E-state index >= 15 is 0 Å². The van der Waals surface area contributed by atoms with Crippen molar-refractivity contribution in [2.45, 2.75) is 12.5 Å². The Morgan fingerprint density at radius 1 is 1.38 bits per heavy atom. The van der Waals surface area contributed by atoms with Crippen LogP contribution in [0.25, 0.3) is 0 Å². The molecule has 90 valence electrons. The summed E-state index contributed by atoms with van der Waals surface area (Å²) in [7, 11) is 0. The number of hydrogen-bond acceptors (Lipinski definition) is 4. The van der Waals surface area contributed by atoms with Crippen molar-refractivity contribution in [2.75, 3.05) is 32.8 Å². The van der Waals surface area contributed by atoms with E-state index in [0.29, 0.717) is 6.54 Å². The topological polar surface area (TPSA) is 51.6 Å². The Labute approximate surface area is 104 Å². The number of halogens is 1. The summed E-state index contributed by atoms with van der Waals surface area (Å²) in [5, 5.41) is 0. The van der Waals surface area contributed by atoms with Gasteiger partial charge in [0.2, 0.25) is 0 Å². The van der Waals surface area contributed by atoms with E-state index in [1.54, 1.807) is 0 Å². The van der Waals surface area contributed by atoms with Crippen molar-refractivity contribution < 1.29 is 9.15 Å². The van der Waals surface area contributed by atoms with Crippen LogP contribution in [0.5, 0.6) is 0 Å². The number of rotatable bonds is 3. The third kappa shape index (κ3) is 2.85. The van der Waals surface area contributed by atoms with Crippen molar-refractivity contribution in [1.29, 1.82) is 0 Å². The molecule has 0 amide bonds. The molecule has 0 aromatic carbocycles. The average Bonchev–Trinajstić information content (AvgIpc) is 2.55. The second-order valence-corrected chi connectivity index (χ2v) is 4.68. The van der Waals surface area contributed by atoms with Crippen molar-refractivity contribution in [1.82, 2.24) is 4.90 Å². The highest BCUT2D eigenvalue weighted by Gasteiger charge is 2.22. The molecule has 2 N–H and O–H groups in total. The minimum atomic E-state index is 0.160. The second kappa shape index (κ2) is 5.82. The lowest BCUT2D eigenvalue weighted by Gasteiger charge is -2.27. The van der Waals surface area contributed by atoms with Gasteiger partial charge in [0.05, 0.1) is 12.6 Å². The molecule has 4 nitrogen and oxygen atoms in total. The summed E-state index contributed by atoms with van der Waals surface area (Å²) in [5.41, 5.74) is 5.84. The summed E-state index contributed by atoms with van der Waals surface area (Å²) in [6.07, 6.45) is 1.05. The summed E-state index contributed by atoms with van der Waals surface area (Å²) >= 11 is 3.32. The summed E-state index contributed by atoms with van der Waals surface area (Å²) in [6, 6.07) is 4.05. The molecular formula is C11H17BrN2O2. The maximum absolute atomic E-state index is 5.84. The Morgan fingerprint density at radius 3 is 2.94 bits per heavy atom. The molecule has 2 heterocycles. The normalized spacial score (nSPS) is 20.6. The van der Waals surface area contributed by atoms with Crippen LogP contribution in [0.15, 0.2) is 21.2 Å². The molecule has 5 heteroatoms. The first-order valence-corrected chi connectivity index (χ1v) is 6.37. The summed E-state index contributed by atoms with van der Waals surface area (Å²) < 4.78 is 11.8. The molecule has 16 heavy (non-hydrogen) atoms. The van der Waals surface area contributed by atoms with Gasteiger partial charge in [-0.2, -0.15) is 0 Å². The lowest BCUT2D eigenvalue weighted by Crippen LogP contribution is -2.35. The molecule has 1 aromatic rings. The van der Waals surface area contributed by atoms with Gasteiger partial charge in [0.1, 0.15) is 5.76 Å². The summed E-state index contributed by atoms with van der Waals surface area (Å²) in [5.74, 6) is 0.927. The van der Waals surface area contributed by atoms with Gasteiger partial charge in [-0.25, -0.2) is 0 Å². The molecule has 0 spiro atoms. The standard InChI is InChI=1S/C11H17BrN2O2/c12-11-3-2-10(16-11)9(8-13)14-4-1-6-15-7-5-14/h2-3,9H,1,4-8,13H2. The molecule has 0 saturated carbocycles. The Bertz CT molecular complexity index is 322. The monoisotopic (exact) mass is 288 g/mol. The predicted molar refractivity (Wildman–Crippen MR) is 65.2 cm³/mol. The molecule has 2 rings (SSSR count). The number of furan rings is 1. The Balaban J connectivity index is 2.08. The van der Waals surface area contributed by atoms with E-state index in [9.17, 15) is 0 Å². The number of ether oxygens (including phenoxy) is 1. The van der Waals surface area contributed by atoms with Crippen molar-refractivity contribution >= 4 is 15.9 Å². The highest BCUT2D eigenvalue weighted by molar-refractivity contribution is 9.10. The van der Waals surface area contributed by atoms with Crippen LogP contribution >= 0.6 is 15.9 Å². The van der Waals surface area contributed by atoms with Crippen molar-refractivity contribution in [3.63, 3.8) is 0 Å². The van der Waals surface area contributed by atoms with E-state index in [1.807, 2.05) is 12.1 Å². The minimum Gasteiger partial charge on any atom is -0.453 e. The van der Waals surface area contributed by atoms with Crippen LogP contribution < -0.4 is 5.73 Å². The first-order valence-electron chi connectivity index (χ1n) is 5.58. The maximum Gasteiger partial charge on any atom is 0.169 e. The lowest BCUT2D eigenvalue weighted by atomic mass is 10.2. The van der Waals surface area contributed by atoms with E-state index in [4.69, 9.17) is 14.9 Å². The van der Waals surface area contributed by atoms with Gasteiger partial charge in [0, 0.05) is 26.2 Å². The third-order valence-corrected chi connectivity index (χ3v) is 3.27. The zero-order valence-electron chi connectivity index (χ0n) is 9.19. The summed E-state index contributed by atoms with van der Waals surface area (Å²) in [6.45, 7) is 4.12. The fraction of sp³-hybridized carbons (Fsp3) is 0.636. The molecule has 1 aliphatic rings. The van der Waals surface area contributed by atoms with Crippen LogP contribution in [0.1, 0.15) is 18.2 Å². The molecule has 1 aromatic heterocycles. The Morgan fingerprint density at radius 2 is 2.25 bits per heavy atom. The van der Waals surface area contributed by atoms with Gasteiger partial charge < -0.3 is 14.9 Å². The highest BCUT2D eigenvalue weighted by atomic mass is 79.9. The van der Waals surface area contributed by atoms with Gasteiger partial charge in [-0.1, -0.05) is 0 Å². The minimum absolute atomic E-state index is 0.160. The van der Waals surface area contributed by atoms with Gasteiger partial charge in [-0.15, -0.1) is 0 Å². The van der Waals surface area contributed by atoms with Gasteiger partial charge in [0.25, 0.3) is 0 Å². The van der Waals surface area contributed by atoms with Crippen LogP contribution in [-0.4, -0.2) is 37.7 Å². The number of hydrogen-bond donors (Lipinski definition) is 1. The smallest absolute Gasteiger partial charge is 0.169 e. The number of nitrogens with zero attached hydrogens (tertiary/aromatic N) is 1. The third-order valence-electron chi connectivity index (χ3n) is 2.84. The van der Waals surface area contributed by atoms with Crippen molar-refractivity contribution in [3.8, 4) is 0 Å². The van der Waals surface area contributed by atoms with E-state index in [2.05, 4.69) is 20.8 Å². The molecule has 1 fully saturated rings. The second-order valence-electron chi connectivity index (χ2n) is 3.90. The predicted octanol–water partition coefficient (Wildman–Crippen LogP) is 1.76. The summed E-state index contributed by atoms with van der Waals surface area (Å²) in [4.78, 5) is 2.33. The first kappa shape index (κ1) is 12.1. The van der Waals surface area contributed by atoms with Crippen LogP contribution in [0.4, 0.5) is 0 Å². The van der Waals surface area contributed by atoms with E-state index in [-0.39, 0.29) is 6.04 Å². The SMILES string of the molecule is NCC(c1ccc(Br)o1)N1CCCOCC1. The molecule has 0 bridgehead atoms.